The molecule has 1 aliphatic carbocycles. The molecule has 8 nitrogen and oxygen atoms in total. The number of nitrogens with zero attached hydrogens (tertiary/aromatic N) is 5. The zero-order valence-electron chi connectivity index (χ0n) is 22.1. The van der Waals surface area contributed by atoms with E-state index >= 15 is 0 Å². The number of pyridine rings is 1. The maximum Gasteiger partial charge on any atom is 0.310 e. The molecule has 2 amide bonds. The van der Waals surface area contributed by atoms with Crippen molar-refractivity contribution in [1.82, 2.24) is 15.2 Å². The van der Waals surface area contributed by atoms with Crippen molar-refractivity contribution < 1.29 is 42.2 Å². The van der Waals surface area contributed by atoms with Gasteiger partial charge in [0.05, 0.1) is 18.2 Å². The first-order valence-corrected chi connectivity index (χ1v) is 14.8. The summed E-state index contributed by atoms with van der Waals surface area (Å²) in [6.45, 7) is -0.185. The number of rotatable bonds is 7. The fourth-order valence-corrected chi connectivity index (χ4v) is 5.81. The highest BCUT2D eigenvalue weighted by Crippen LogP contribution is 3.02. The van der Waals surface area contributed by atoms with Crippen LogP contribution in [0.25, 0.3) is 0 Å². The number of carbonyl (C=O) groups is 2. The SMILES string of the molecule is N#C[C@H]1C[C@H](C(=O)N(c2ccc(S(F)(F)(F)(F)F)cc2)C(C(=O)NC2CCC(F)(F)CC2)c2cncc(F)c2)N(C#N)C1. The molecule has 1 aliphatic heterocycles. The zero-order chi connectivity index (χ0) is 31.9. The van der Waals surface area contributed by atoms with Crippen molar-refractivity contribution in [2.24, 2.45) is 5.92 Å². The largest absolute Gasteiger partial charge is 0.351 e. The molecule has 43 heavy (non-hydrogen) atoms. The summed E-state index contributed by atoms with van der Waals surface area (Å²) >= 11 is 0. The van der Waals surface area contributed by atoms with Crippen LogP contribution in [0, 0.1) is 34.5 Å². The van der Waals surface area contributed by atoms with Crippen LogP contribution < -0.4 is 10.2 Å². The number of carbonyl (C=O) groups excluding carboxylic acids is 2. The van der Waals surface area contributed by atoms with Gasteiger partial charge in [0.2, 0.25) is 11.8 Å². The lowest BCUT2D eigenvalue weighted by molar-refractivity contribution is -0.129. The molecule has 2 aliphatic rings. The first-order chi connectivity index (χ1) is 19.8. The molecule has 0 spiro atoms. The summed E-state index contributed by atoms with van der Waals surface area (Å²) < 4.78 is 109. The quantitative estimate of drug-likeness (QED) is 0.280. The Balaban J connectivity index is 1.83. The number of alkyl halides is 2. The standard InChI is InChI=1S/C26H24F8N6O2S/c27-18-10-17(12-37-13-18)23(24(41)38-19-5-7-26(28,29)8-6-19)40(25(42)22-9-16(11-35)14-39(22)15-36)20-1-3-21(4-2-20)43(30,31,32,33)34/h1-4,10,12-13,16,19,22-23H,5-9,14H2,(H,38,41)/t16-,22-,23?/m1/s1. The van der Waals surface area contributed by atoms with E-state index in [4.69, 9.17) is 0 Å². The highest BCUT2D eigenvalue weighted by molar-refractivity contribution is 8.45. The van der Waals surface area contributed by atoms with Crippen LogP contribution in [0.4, 0.5) is 38.3 Å². The van der Waals surface area contributed by atoms with Gasteiger partial charge in [-0.2, -0.15) is 10.5 Å². The Morgan fingerprint density at radius 1 is 1.07 bits per heavy atom. The van der Waals surface area contributed by atoms with E-state index in [1.807, 2.05) is 6.07 Å². The van der Waals surface area contributed by atoms with E-state index < -0.39 is 81.2 Å². The molecule has 1 saturated carbocycles. The molecular weight excluding hydrogens is 612 g/mol. The van der Waals surface area contributed by atoms with Gasteiger partial charge < -0.3 is 5.32 Å². The van der Waals surface area contributed by atoms with Crippen LogP contribution in [-0.2, 0) is 9.59 Å². The van der Waals surface area contributed by atoms with Crippen molar-refractivity contribution in [2.75, 3.05) is 11.4 Å². The van der Waals surface area contributed by atoms with Gasteiger partial charge in [-0.3, -0.25) is 24.4 Å². The van der Waals surface area contributed by atoms with E-state index in [2.05, 4.69) is 10.3 Å². The molecule has 1 N–H and O–H groups in total. The van der Waals surface area contributed by atoms with Crippen molar-refractivity contribution in [3.8, 4) is 12.3 Å². The molecule has 17 heteroatoms. The number of nitrogens with one attached hydrogen (secondary N) is 1. The number of nitriles is 2. The van der Waals surface area contributed by atoms with Crippen molar-refractivity contribution in [3.05, 3.63) is 54.1 Å². The van der Waals surface area contributed by atoms with E-state index in [0.29, 0.717) is 17.0 Å². The number of amides is 2. The van der Waals surface area contributed by atoms with E-state index in [1.54, 1.807) is 6.19 Å². The minimum Gasteiger partial charge on any atom is -0.351 e. The zero-order valence-corrected chi connectivity index (χ0v) is 22.9. The van der Waals surface area contributed by atoms with Gasteiger partial charge in [0.25, 0.3) is 5.91 Å². The van der Waals surface area contributed by atoms with Crippen molar-refractivity contribution in [2.45, 2.75) is 61.0 Å². The molecule has 2 aromatic rings. The topological polar surface area (TPSA) is 113 Å². The summed E-state index contributed by atoms with van der Waals surface area (Å²) in [7, 11) is -10.1. The Morgan fingerprint density at radius 2 is 1.70 bits per heavy atom. The molecule has 1 saturated heterocycles. The maximum absolute atomic E-state index is 14.3. The summed E-state index contributed by atoms with van der Waals surface area (Å²) in [4.78, 5) is 30.7. The third-order valence-electron chi connectivity index (χ3n) is 7.31. The number of anilines is 1. The Labute approximate surface area is 240 Å². The number of likely N-dealkylation sites (tertiary alicyclic amines) is 1. The molecule has 0 radical (unpaired) electrons. The Hall–Kier alpha value is -4.12. The molecule has 3 atom stereocenters. The van der Waals surface area contributed by atoms with E-state index in [9.17, 15) is 52.7 Å². The highest BCUT2D eigenvalue weighted by atomic mass is 32.5. The number of halogens is 8. The predicted octanol–water partition coefficient (Wildman–Crippen LogP) is 6.34. The smallest absolute Gasteiger partial charge is 0.310 e. The lowest BCUT2D eigenvalue weighted by Gasteiger charge is -2.41. The summed E-state index contributed by atoms with van der Waals surface area (Å²) in [5.41, 5.74) is -0.796. The van der Waals surface area contributed by atoms with Crippen molar-refractivity contribution in [1.29, 1.82) is 10.5 Å². The Morgan fingerprint density at radius 3 is 2.23 bits per heavy atom. The minimum absolute atomic E-state index is 0.0218. The average molecular weight is 637 g/mol. The van der Waals surface area contributed by atoms with Gasteiger partial charge >= 0.3 is 10.2 Å². The second-order valence-electron chi connectivity index (χ2n) is 10.5. The summed E-state index contributed by atoms with van der Waals surface area (Å²) in [6, 6.07) is -0.314. The van der Waals surface area contributed by atoms with Gasteiger partial charge in [-0.25, -0.2) is 13.2 Å². The van der Waals surface area contributed by atoms with Crippen LogP contribution in [0.15, 0.2) is 47.6 Å². The van der Waals surface area contributed by atoms with Crippen LogP contribution in [0.2, 0.25) is 0 Å². The third kappa shape index (κ3) is 7.27. The number of aromatic nitrogens is 1. The predicted molar refractivity (Wildman–Crippen MR) is 137 cm³/mol. The van der Waals surface area contributed by atoms with Gasteiger partial charge in [0.15, 0.2) is 6.19 Å². The lowest BCUT2D eigenvalue weighted by Crippen LogP contribution is -2.52. The number of hydrogen-bond acceptors (Lipinski definition) is 6. The van der Waals surface area contributed by atoms with E-state index in [-0.39, 0.29) is 43.5 Å². The Bertz CT molecular complexity index is 1480. The summed E-state index contributed by atoms with van der Waals surface area (Å²) in [6.07, 6.45) is 1.84. The average Bonchev–Trinajstić information content (AvgIpc) is 3.35. The second kappa shape index (κ2) is 10.6. The van der Waals surface area contributed by atoms with Gasteiger partial charge in [-0.05, 0) is 49.6 Å². The molecule has 1 aromatic heterocycles. The van der Waals surface area contributed by atoms with Gasteiger partial charge in [0, 0.05) is 42.9 Å². The summed E-state index contributed by atoms with van der Waals surface area (Å²) in [5, 5.41) is 21.5. The second-order valence-corrected chi connectivity index (χ2v) is 12.9. The van der Waals surface area contributed by atoms with Crippen molar-refractivity contribution in [3.63, 3.8) is 0 Å². The fourth-order valence-electron chi connectivity index (χ4n) is 5.16. The Kier molecular flexibility index (Phi) is 7.80. The molecule has 1 unspecified atom stereocenters. The monoisotopic (exact) mass is 636 g/mol. The lowest BCUT2D eigenvalue weighted by atomic mass is 9.91. The van der Waals surface area contributed by atoms with Crippen LogP contribution in [0.1, 0.15) is 43.7 Å². The first kappa shape index (κ1) is 31.8. The van der Waals surface area contributed by atoms with Crippen LogP contribution >= 0.6 is 10.2 Å². The van der Waals surface area contributed by atoms with E-state index in [1.165, 1.54) is 0 Å². The third-order valence-corrected chi connectivity index (χ3v) is 8.47. The number of hydrogen-bond donors (Lipinski definition) is 1. The molecule has 2 fully saturated rings. The molecule has 2 heterocycles. The van der Waals surface area contributed by atoms with Gasteiger partial charge in [-0.15, -0.1) is 0 Å². The molecule has 4 rings (SSSR count). The minimum atomic E-state index is -10.1. The first-order valence-electron chi connectivity index (χ1n) is 12.8. The maximum atomic E-state index is 14.3. The van der Waals surface area contributed by atoms with Crippen LogP contribution in [-0.4, -0.2) is 46.2 Å². The molecule has 0 bridgehead atoms. The molecule has 232 valence electrons. The van der Waals surface area contributed by atoms with Crippen molar-refractivity contribution >= 4 is 27.7 Å². The van der Waals surface area contributed by atoms with Crippen LogP contribution in [0.3, 0.4) is 0 Å². The fraction of sp³-hybridized carbons (Fsp3) is 0.423. The van der Waals surface area contributed by atoms with Gasteiger partial charge in [-0.1, -0.05) is 19.4 Å². The number of benzene rings is 1. The highest BCUT2D eigenvalue weighted by Gasteiger charge is 2.65. The molecule has 1 aromatic carbocycles. The summed E-state index contributed by atoms with van der Waals surface area (Å²) in [5.74, 6) is -6.89. The van der Waals surface area contributed by atoms with E-state index in [0.717, 1.165) is 23.4 Å². The van der Waals surface area contributed by atoms with Gasteiger partial charge in [0.1, 0.15) is 22.8 Å². The normalized spacial score (nSPS) is 22.8. The van der Waals surface area contributed by atoms with Crippen LogP contribution in [0.5, 0.6) is 0 Å². The molecular formula is C26H24F8N6O2S.